The fraction of sp³-hybridized carbons (Fsp3) is 0.444. The number of ether oxygens (including phenoxy) is 1. The SMILES string of the molecule is Cc1cccc(C)c1N=C(N)c1cnn2cc(Br)cc2c1NC1CCC(NC(=O)OC(C)(C)C)CC1. The van der Waals surface area contributed by atoms with Gasteiger partial charge in [-0.3, -0.25) is 0 Å². The van der Waals surface area contributed by atoms with Crippen LogP contribution in [0, 0.1) is 13.8 Å². The number of aromatic nitrogens is 2. The van der Waals surface area contributed by atoms with Gasteiger partial charge in [-0.05, 0) is 93.4 Å². The summed E-state index contributed by atoms with van der Waals surface area (Å²) in [7, 11) is 0. The van der Waals surface area contributed by atoms with Crippen molar-refractivity contribution >= 4 is 44.8 Å². The first-order chi connectivity index (χ1) is 17.0. The Bertz CT molecular complexity index is 1270. The van der Waals surface area contributed by atoms with E-state index in [0.717, 1.165) is 63.7 Å². The van der Waals surface area contributed by atoms with Crippen molar-refractivity contribution in [3.05, 3.63) is 57.8 Å². The number of para-hydroxylation sites is 1. The average molecular weight is 556 g/mol. The van der Waals surface area contributed by atoms with E-state index in [-0.39, 0.29) is 18.2 Å². The molecule has 0 radical (unpaired) electrons. The number of amides is 1. The molecule has 8 nitrogen and oxygen atoms in total. The highest BCUT2D eigenvalue weighted by Crippen LogP contribution is 2.31. The van der Waals surface area contributed by atoms with Crippen LogP contribution in [0.25, 0.3) is 5.52 Å². The van der Waals surface area contributed by atoms with Gasteiger partial charge in [-0.1, -0.05) is 18.2 Å². The van der Waals surface area contributed by atoms with Crippen LogP contribution in [0.2, 0.25) is 0 Å². The Morgan fingerprint density at radius 1 is 1.17 bits per heavy atom. The number of alkyl carbamates (subject to hydrolysis) is 1. The summed E-state index contributed by atoms with van der Waals surface area (Å²) < 4.78 is 8.18. The third-order valence-electron chi connectivity index (χ3n) is 6.35. The van der Waals surface area contributed by atoms with Crippen molar-refractivity contribution in [2.24, 2.45) is 10.7 Å². The van der Waals surface area contributed by atoms with Crippen LogP contribution in [-0.4, -0.2) is 39.2 Å². The Morgan fingerprint density at radius 3 is 2.44 bits per heavy atom. The molecule has 0 saturated heterocycles. The number of halogens is 1. The molecule has 192 valence electrons. The predicted octanol–water partition coefficient (Wildman–Crippen LogP) is 6.00. The molecule has 1 saturated carbocycles. The Balaban J connectivity index is 1.55. The first kappa shape index (κ1) is 26.0. The van der Waals surface area contributed by atoms with Crippen molar-refractivity contribution in [1.29, 1.82) is 0 Å². The van der Waals surface area contributed by atoms with Crippen molar-refractivity contribution in [2.75, 3.05) is 5.32 Å². The molecule has 4 rings (SSSR count). The first-order valence-corrected chi connectivity index (χ1v) is 13.1. The minimum absolute atomic E-state index is 0.105. The molecule has 2 aromatic heterocycles. The summed E-state index contributed by atoms with van der Waals surface area (Å²) >= 11 is 3.57. The van der Waals surface area contributed by atoms with Crippen LogP contribution in [0.1, 0.15) is 63.1 Å². The number of nitrogens with one attached hydrogen (secondary N) is 2. The molecule has 3 aromatic rings. The predicted molar refractivity (Wildman–Crippen MR) is 148 cm³/mol. The lowest BCUT2D eigenvalue weighted by Crippen LogP contribution is -2.42. The molecular weight excluding hydrogens is 520 g/mol. The summed E-state index contributed by atoms with van der Waals surface area (Å²) in [6.45, 7) is 9.68. The van der Waals surface area contributed by atoms with Gasteiger partial charge in [0.2, 0.25) is 0 Å². The van der Waals surface area contributed by atoms with E-state index in [1.165, 1.54) is 0 Å². The van der Waals surface area contributed by atoms with E-state index in [4.69, 9.17) is 15.5 Å². The minimum atomic E-state index is -0.504. The molecule has 0 aliphatic heterocycles. The normalized spacial score (nSPS) is 18.8. The summed E-state index contributed by atoms with van der Waals surface area (Å²) in [5.74, 6) is 0.419. The van der Waals surface area contributed by atoms with Crippen LogP contribution in [0.5, 0.6) is 0 Å². The smallest absolute Gasteiger partial charge is 0.407 e. The minimum Gasteiger partial charge on any atom is -0.444 e. The van der Waals surface area contributed by atoms with Crippen LogP contribution in [0.15, 0.2) is 46.1 Å². The summed E-state index contributed by atoms with van der Waals surface area (Å²) in [5, 5.41) is 11.3. The van der Waals surface area contributed by atoms with Gasteiger partial charge in [0.1, 0.15) is 11.4 Å². The van der Waals surface area contributed by atoms with Crippen LogP contribution >= 0.6 is 15.9 Å². The van der Waals surface area contributed by atoms with E-state index in [9.17, 15) is 4.79 Å². The number of benzene rings is 1. The highest BCUT2D eigenvalue weighted by atomic mass is 79.9. The number of nitrogens with two attached hydrogens (primary N) is 1. The van der Waals surface area contributed by atoms with E-state index in [1.54, 1.807) is 6.20 Å². The molecule has 1 aliphatic rings. The van der Waals surface area contributed by atoms with Crippen LogP contribution in [0.4, 0.5) is 16.2 Å². The van der Waals surface area contributed by atoms with Gasteiger partial charge in [0.15, 0.2) is 0 Å². The molecule has 0 atom stereocenters. The number of amidine groups is 1. The molecule has 1 amide bonds. The number of aliphatic imine (C=N–C) groups is 1. The highest BCUT2D eigenvalue weighted by molar-refractivity contribution is 9.10. The zero-order chi connectivity index (χ0) is 26.0. The molecule has 4 N–H and O–H groups in total. The van der Waals surface area contributed by atoms with E-state index < -0.39 is 5.60 Å². The molecule has 0 spiro atoms. The number of anilines is 1. The largest absolute Gasteiger partial charge is 0.444 e. The number of hydrogen-bond donors (Lipinski definition) is 3. The van der Waals surface area contributed by atoms with Gasteiger partial charge in [-0.25, -0.2) is 14.3 Å². The summed E-state index contributed by atoms with van der Waals surface area (Å²) in [5.41, 5.74) is 11.7. The zero-order valence-corrected chi connectivity index (χ0v) is 23.1. The van der Waals surface area contributed by atoms with Gasteiger partial charge in [-0.2, -0.15) is 5.10 Å². The third kappa shape index (κ3) is 6.19. The van der Waals surface area contributed by atoms with Crippen molar-refractivity contribution < 1.29 is 9.53 Å². The van der Waals surface area contributed by atoms with Crippen LogP contribution < -0.4 is 16.4 Å². The van der Waals surface area contributed by atoms with Crippen molar-refractivity contribution in [1.82, 2.24) is 14.9 Å². The lowest BCUT2D eigenvalue weighted by molar-refractivity contribution is 0.0492. The zero-order valence-electron chi connectivity index (χ0n) is 21.6. The Kier molecular flexibility index (Phi) is 7.59. The van der Waals surface area contributed by atoms with Crippen molar-refractivity contribution in [2.45, 2.75) is 78.0 Å². The molecule has 36 heavy (non-hydrogen) atoms. The van der Waals surface area contributed by atoms with Crippen LogP contribution in [-0.2, 0) is 4.74 Å². The molecule has 2 heterocycles. The maximum atomic E-state index is 12.2. The van der Waals surface area contributed by atoms with Gasteiger partial charge in [0.05, 0.1) is 28.7 Å². The van der Waals surface area contributed by atoms with E-state index in [2.05, 4.69) is 31.7 Å². The lowest BCUT2D eigenvalue weighted by Gasteiger charge is -2.31. The number of aryl methyl sites for hydroxylation is 2. The Labute approximate surface area is 220 Å². The fourth-order valence-electron chi connectivity index (χ4n) is 4.59. The molecule has 1 aliphatic carbocycles. The molecular formula is C27H35BrN6O2. The Hall–Kier alpha value is -3.07. The van der Waals surface area contributed by atoms with E-state index in [1.807, 2.05) is 69.6 Å². The van der Waals surface area contributed by atoms with E-state index >= 15 is 0 Å². The number of rotatable bonds is 5. The first-order valence-electron chi connectivity index (χ1n) is 12.3. The van der Waals surface area contributed by atoms with Gasteiger partial charge < -0.3 is 21.1 Å². The van der Waals surface area contributed by atoms with Crippen molar-refractivity contribution in [3.63, 3.8) is 0 Å². The van der Waals surface area contributed by atoms with Gasteiger partial charge in [0.25, 0.3) is 0 Å². The maximum absolute atomic E-state index is 12.2. The second-order valence-electron chi connectivity index (χ2n) is 10.5. The number of nitrogens with zero attached hydrogens (tertiary/aromatic N) is 3. The molecule has 9 heteroatoms. The quantitative estimate of drug-likeness (QED) is 0.265. The topological polar surface area (TPSA) is 106 Å². The summed E-state index contributed by atoms with van der Waals surface area (Å²) in [6.07, 6.45) is 6.88. The maximum Gasteiger partial charge on any atom is 0.407 e. The number of carbonyl (C=O) groups is 1. The molecule has 1 aromatic carbocycles. The van der Waals surface area contributed by atoms with Gasteiger partial charge in [-0.15, -0.1) is 0 Å². The average Bonchev–Trinajstić information content (AvgIpc) is 3.17. The highest BCUT2D eigenvalue weighted by Gasteiger charge is 2.26. The van der Waals surface area contributed by atoms with Crippen molar-refractivity contribution in [3.8, 4) is 0 Å². The molecule has 0 unspecified atom stereocenters. The van der Waals surface area contributed by atoms with Gasteiger partial charge in [0, 0.05) is 22.8 Å². The lowest BCUT2D eigenvalue weighted by atomic mass is 9.91. The van der Waals surface area contributed by atoms with Gasteiger partial charge >= 0.3 is 6.09 Å². The molecule has 0 bridgehead atoms. The number of carbonyl (C=O) groups excluding carboxylic acids is 1. The summed E-state index contributed by atoms with van der Waals surface area (Å²) in [6, 6.07) is 8.45. The van der Waals surface area contributed by atoms with E-state index in [0.29, 0.717) is 5.84 Å². The standard InChI is InChI=1S/C27H35BrN6O2/c1-16-7-6-8-17(2)23(16)33-25(29)21-14-30-34-15-18(28)13-22(34)24(21)31-19-9-11-20(12-10-19)32-26(35)36-27(3,4)5/h6-8,13-15,19-20,31H,9-12H2,1-5H3,(H2,29,33)(H,32,35). The number of hydrogen-bond acceptors (Lipinski definition) is 5. The Morgan fingerprint density at radius 2 is 1.81 bits per heavy atom. The monoisotopic (exact) mass is 554 g/mol. The fourth-order valence-corrected chi connectivity index (χ4v) is 5.00. The third-order valence-corrected chi connectivity index (χ3v) is 6.78. The number of fused-ring (bicyclic) bond motifs is 1. The summed E-state index contributed by atoms with van der Waals surface area (Å²) in [4.78, 5) is 17.0. The second-order valence-corrected chi connectivity index (χ2v) is 11.4. The second kappa shape index (κ2) is 10.5. The van der Waals surface area contributed by atoms with Crippen LogP contribution in [0.3, 0.4) is 0 Å². The molecule has 1 fully saturated rings.